The van der Waals surface area contributed by atoms with Crippen LogP contribution in [0.4, 0.5) is 20.2 Å². The summed E-state index contributed by atoms with van der Waals surface area (Å²) in [5.41, 5.74) is 2.10. The number of halogens is 2. The van der Waals surface area contributed by atoms with E-state index in [1.54, 1.807) is 36.4 Å². The van der Waals surface area contributed by atoms with E-state index in [1.807, 2.05) is 0 Å². The Hall–Kier alpha value is -4.40. The Morgan fingerprint density at radius 1 is 0.970 bits per heavy atom. The standard InChI is InChI=1S/C24H16F2N4O3/c25-14-4-6-18(26)17(11-14)23-28-19-7-5-15(12-20(19)29-23)27-24(33)13-2-1-3-16(10-13)30-21(31)8-9-22(30)32/h1-7,10-12H,8-9H2,(H,27,33)(H,28,29). The molecule has 1 aliphatic rings. The van der Waals surface area contributed by atoms with E-state index >= 15 is 0 Å². The van der Waals surface area contributed by atoms with Crippen LogP contribution in [0, 0.1) is 11.6 Å². The van der Waals surface area contributed by atoms with Crippen LogP contribution in [0.3, 0.4) is 0 Å². The molecule has 164 valence electrons. The lowest BCUT2D eigenvalue weighted by Gasteiger charge is -2.14. The fraction of sp³-hybridized carbons (Fsp3) is 0.0833. The number of nitrogens with one attached hydrogen (secondary N) is 2. The lowest BCUT2D eigenvalue weighted by Crippen LogP contribution is -2.28. The van der Waals surface area contributed by atoms with Crippen molar-refractivity contribution in [3.8, 4) is 11.4 Å². The van der Waals surface area contributed by atoms with E-state index in [9.17, 15) is 23.2 Å². The molecule has 3 aromatic carbocycles. The molecule has 4 aromatic rings. The number of carbonyl (C=O) groups excluding carboxylic acids is 3. The van der Waals surface area contributed by atoms with Gasteiger partial charge in [0, 0.05) is 24.1 Å². The molecular formula is C24H16F2N4O3. The average molecular weight is 446 g/mol. The van der Waals surface area contributed by atoms with Crippen LogP contribution in [0.5, 0.6) is 0 Å². The van der Waals surface area contributed by atoms with Crippen molar-refractivity contribution >= 4 is 40.1 Å². The number of H-pyrrole nitrogens is 1. The van der Waals surface area contributed by atoms with Crippen molar-refractivity contribution in [3.63, 3.8) is 0 Å². The van der Waals surface area contributed by atoms with Crippen LogP contribution >= 0.6 is 0 Å². The summed E-state index contributed by atoms with van der Waals surface area (Å²) in [5.74, 6) is -2.07. The topological polar surface area (TPSA) is 95.2 Å². The first-order valence-electron chi connectivity index (χ1n) is 10.1. The van der Waals surface area contributed by atoms with Gasteiger partial charge in [-0.25, -0.2) is 13.8 Å². The van der Waals surface area contributed by atoms with E-state index in [2.05, 4.69) is 15.3 Å². The van der Waals surface area contributed by atoms with Gasteiger partial charge in [0.05, 0.1) is 22.3 Å². The van der Waals surface area contributed by atoms with Gasteiger partial charge in [0.2, 0.25) is 11.8 Å². The average Bonchev–Trinajstić information content (AvgIpc) is 3.37. The van der Waals surface area contributed by atoms with E-state index in [1.165, 1.54) is 6.07 Å². The van der Waals surface area contributed by atoms with Crippen molar-refractivity contribution in [2.24, 2.45) is 0 Å². The molecule has 0 unspecified atom stereocenters. The molecule has 5 rings (SSSR count). The largest absolute Gasteiger partial charge is 0.338 e. The normalized spacial score (nSPS) is 13.7. The minimum Gasteiger partial charge on any atom is -0.338 e. The molecule has 0 atom stereocenters. The number of nitrogens with zero attached hydrogens (tertiary/aromatic N) is 2. The zero-order chi connectivity index (χ0) is 23.1. The molecule has 0 aliphatic carbocycles. The van der Waals surface area contributed by atoms with Crippen LogP contribution in [0.1, 0.15) is 23.2 Å². The molecule has 0 radical (unpaired) electrons. The highest BCUT2D eigenvalue weighted by Crippen LogP contribution is 2.27. The van der Waals surface area contributed by atoms with Crippen molar-refractivity contribution in [1.29, 1.82) is 0 Å². The van der Waals surface area contributed by atoms with Gasteiger partial charge in [-0.15, -0.1) is 0 Å². The smallest absolute Gasteiger partial charge is 0.255 e. The summed E-state index contributed by atoms with van der Waals surface area (Å²) in [4.78, 5) is 45.0. The molecule has 1 aromatic heterocycles. The summed E-state index contributed by atoms with van der Waals surface area (Å²) in [6.07, 6.45) is 0.307. The van der Waals surface area contributed by atoms with Gasteiger partial charge in [0.1, 0.15) is 17.5 Å². The van der Waals surface area contributed by atoms with Gasteiger partial charge in [-0.2, -0.15) is 0 Å². The van der Waals surface area contributed by atoms with Crippen molar-refractivity contribution < 1.29 is 23.2 Å². The summed E-state index contributed by atoms with van der Waals surface area (Å²) in [5, 5.41) is 2.75. The van der Waals surface area contributed by atoms with Crippen LogP contribution in [-0.2, 0) is 9.59 Å². The Labute approximate surface area is 186 Å². The molecule has 1 saturated heterocycles. The van der Waals surface area contributed by atoms with Crippen LogP contribution in [0.15, 0.2) is 60.7 Å². The molecule has 33 heavy (non-hydrogen) atoms. The summed E-state index contributed by atoms with van der Waals surface area (Å²) in [6, 6.07) is 14.3. The Bertz CT molecular complexity index is 1430. The van der Waals surface area contributed by atoms with E-state index in [-0.39, 0.29) is 41.6 Å². The number of aromatic amines is 1. The molecule has 0 bridgehead atoms. The van der Waals surface area contributed by atoms with Gasteiger partial charge in [0.15, 0.2) is 0 Å². The van der Waals surface area contributed by atoms with E-state index in [4.69, 9.17) is 0 Å². The molecule has 9 heteroatoms. The first kappa shape index (κ1) is 20.5. The van der Waals surface area contributed by atoms with Gasteiger partial charge >= 0.3 is 0 Å². The van der Waals surface area contributed by atoms with Gasteiger partial charge in [0.25, 0.3) is 5.91 Å². The van der Waals surface area contributed by atoms with E-state index in [0.29, 0.717) is 22.4 Å². The number of imidazole rings is 1. The SMILES string of the molecule is O=C(Nc1ccc2nc(-c3cc(F)ccc3F)[nH]c2c1)c1cccc(N2C(=O)CCC2=O)c1. The number of rotatable bonds is 4. The predicted molar refractivity (Wildman–Crippen MR) is 118 cm³/mol. The van der Waals surface area contributed by atoms with Crippen LogP contribution in [0.2, 0.25) is 0 Å². The molecule has 0 spiro atoms. The number of carbonyl (C=O) groups is 3. The highest BCUT2D eigenvalue weighted by molar-refractivity contribution is 6.20. The van der Waals surface area contributed by atoms with Gasteiger partial charge < -0.3 is 10.3 Å². The molecule has 2 N–H and O–H groups in total. The summed E-state index contributed by atoms with van der Waals surface area (Å²) >= 11 is 0. The number of aromatic nitrogens is 2. The summed E-state index contributed by atoms with van der Waals surface area (Å²) in [7, 11) is 0. The summed E-state index contributed by atoms with van der Waals surface area (Å²) in [6.45, 7) is 0. The Balaban J connectivity index is 1.40. The third-order valence-corrected chi connectivity index (χ3v) is 5.34. The van der Waals surface area contributed by atoms with Crippen molar-refractivity contribution in [3.05, 3.63) is 77.9 Å². The number of imide groups is 1. The Kier molecular flexibility index (Phi) is 4.93. The molecular weight excluding hydrogens is 430 g/mol. The first-order chi connectivity index (χ1) is 15.9. The van der Waals surface area contributed by atoms with Gasteiger partial charge in [-0.3, -0.25) is 19.3 Å². The van der Waals surface area contributed by atoms with Crippen LogP contribution in [-0.4, -0.2) is 27.7 Å². The second kappa shape index (κ2) is 7.94. The minimum absolute atomic E-state index is 0.000363. The van der Waals surface area contributed by atoms with Gasteiger partial charge in [-0.05, 0) is 54.6 Å². The van der Waals surface area contributed by atoms with Crippen molar-refractivity contribution in [2.75, 3.05) is 10.2 Å². The van der Waals surface area contributed by atoms with Gasteiger partial charge in [-0.1, -0.05) is 6.07 Å². The third kappa shape index (κ3) is 3.84. The molecule has 0 saturated carbocycles. The zero-order valence-corrected chi connectivity index (χ0v) is 17.1. The van der Waals surface area contributed by atoms with E-state index < -0.39 is 17.5 Å². The number of hydrogen-bond acceptors (Lipinski definition) is 4. The number of anilines is 2. The minimum atomic E-state index is -0.612. The monoisotopic (exact) mass is 446 g/mol. The van der Waals surface area contributed by atoms with Crippen LogP contribution in [0.25, 0.3) is 22.4 Å². The predicted octanol–water partition coefficient (Wildman–Crippen LogP) is 4.41. The second-order valence-electron chi connectivity index (χ2n) is 7.57. The fourth-order valence-corrected chi connectivity index (χ4v) is 3.75. The Morgan fingerprint density at radius 2 is 1.76 bits per heavy atom. The molecule has 1 fully saturated rings. The lowest BCUT2D eigenvalue weighted by molar-refractivity contribution is -0.121. The maximum absolute atomic E-state index is 14.1. The molecule has 3 amide bonds. The maximum Gasteiger partial charge on any atom is 0.255 e. The Morgan fingerprint density at radius 3 is 2.55 bits per heavy atom. The lowest BCUT2D eigenvalue weighted by atomic mass is 10.1. The molecule has 7 nitrogen and oxygen atoms in total. The van der Waals surface area contributed by atoms with Crippen molar-refractivity contribution in [2.45, 2.75) is 12.8 Å². The highest BCUT2D eigenvalue weighted by atomic mass is 19.1. The maximum atomic E-state index is 14.1. The quantitative estimate of drug-likeness (QED) is 0.454. The number of amides is 3. The second-order valence-corrected chi connectivity index (χ2v) is 7.57. The first-order valence-corrected chi connectivity index (χ1v) is 10.1. The highest BCUT2D eigenvalue weighted by Gasteiger charge is 2.30. The number of benzene rings is 3. The fourth-order valence-electron chi connectivity index (χ4n) is 3.75. The summed E-state index contributed by atoms with van der Waals surface area (Å²) < 4.78 is 27.6. The molecule has 1 aliphatic heterocycles. The van der Waals surface area contributed by atoms with E-state index in [0.717, 1.165) is 23.1 Å². The van der Waals surface area contributed by atoms with Crippen molar-refractivity contribution in [1.82, 2.24) is 9.97 Å². The third-order valence-electron chi connectivity index (χ3n) is 5.34. The van der Waals surface area contributed by atoms with Crippen LogP contribution < -0.4 is 10.2 Å². The zero-order valence-electron chi connectivity index (χ0n) is 17.1. The molecule has 2 heterocycles. The number of fused-ring (bicyclic) bond motifs is 1. The number of hydrogen-bond donors (Lipinski definition) is 2.